The monoisotopic (exact) mass is 350 g/mol. The van der Waals surface area contributed by atoms with Crippen molar-refractivity contribution >= 4 is 5.97 Å². The first kappa shape index (κ1) is 16.8. The summed E-state index contributed by atoms with van der Waals surface area (Å²) in [6.45, 7) is 3.09. The number of carbonyl (C=O) groups excluding carboxylic acids is 1. The van der Waals surface area contributed by atoms with Crippen molar-refractivity contribution in [3.63, 3.8) is 0 Å². The predicted molar refractivity (Wildman–Crippen MR) is 88.6 cm³/mol. The van der Waals surface area contributed by atoms with Gasteiger partial charge in [0.25, 0.3) is 5.92 Å². The van der Waals surface area contributed by atoms with Crippen LogP contribution in [0.4, 0.5) is 8.78 Å². The molecule has 0 spiro atoms. The van der Waals surface area contributed by atoms with Crippen molar-refractivity contribution in [3.05, 3.63) is 29.3 Å². The summed E-state index contributed by atoms with van der Waals surface area (Å²) in [5.74, 6) is -3.03. The van der Waals surface area contributed by atoms with Crippen molar-refractivity contribution in [2.24, 2.45) is 17.3 Å². The number of halogens is 2. The Balaban J connectivity index is 1.69. The summed E-state index contributed by atoms with van der Waals surface area (Å²) in [6.07, 6.45) is 1.60. The number of phenolic OH excluding ortho intramolecular Hbond substituents is 1. The van der Waals surface area contributed by atoms with Gasteiger partial charge in [-0.1, -0.05) is 13.0 Å². The van der Waals surface area contributed by atoms with Crippen LogP contribution in [0.15, 0.2) is 18.2 Å². The molecule has 0 aliphatic heterocycles. The van der Waals surface area contributed by atoms with E-state index < -0.39 is 23.4 Å². The number of ether oxygens (including phenoxy) is 1. The Kier molecular flexibility index (Phi) is 3.64. The number of fused-ring (bicyclic) bond motifs is 5. The number of carbonyl (C=O) groups is 1. The van der Waals surface area contributed by atoms with Gasteiger partial charge in [0.15, 0.2) is 6.10 Å². The molecule has 0 heterocycles. The molecule has 1 aromatic carbocycles. The third kappa shape index (κ3) is 2.46. The van der Waals surface area contributed by atoms with Gasteiger partial charge < -0.3 is 9.84 Å². The van der Waals surface area contributed by atoms with Gasteiger partial charge in [-0.3, -0.25) is 4.79 Å². The molecule has 3 aliphatic carbocycles. The third-order valence-electron chi connectivity index (χ3n) is 6.91. The van der Waals surface area contributed by atoms with E-state index in [9.17, 15) is 18.7 Å². The lowest BCUT2D eigenvalue weighted by atomic mass is 9.55. The van der Waals surface area contributed by atoms with Crippen LogP contribution in [0.5, 0.6) is 5.75 Å². The highest BCUT2D eigenvalue weighted by Crippen LogP contribution is 2.65. The highest BCUT2D eigenvalue weighted by atomic mass is 19.3. The first-order valence-corrected chi connectivity index (χ1v) is 9.09. The lowest BCUT2D eigenvalue weighted by Crippen LogP contribution is -2.47. The Hall–Kier alpha value is -1.65. The van der Waals surface area contributed by atoms with Crippen molar-refractivity contribution in [2.75, 3.05) is 0 Å². The molecule has 136 valence electrons. The van der Waals surface area contributed by atoms with E-state index in [-0.39, 0.29) is 29.9 Å². The van der Waals surface area contributed by atoms with Crippen molar-refractivity contribution in [1.82, 2.24) is 0 Å². The molecular weight excluding hydrogens is 326 g/mol. The number of aryl methyl sites for hydroxylation is 1. The van der Waals surface area contributed by atoms with Gasteiger partial charge in [0, 0.05) is 18.8 Å². The number of hydrogen-bond donors (Lipinski definition) is 1. The summed E-state index contributed by atoms with van der Waals surface area (Å²) in [4.78, 5) is 11.4. The molecule has 0 bridgehead atoms. The quantitative estimate of drug-likeness (QED) is 0.763. The number of esters is 1. The fourth-order valence-electron chi connectivity index (χ4n) is 5.90. The van der Waals surface area contributed by atoms with Gasteiger partial charge in [0.05, 0.1) is 0 Å². The molecule has 1 unspecified atom stereocenters. The van der Waals surface area contributed by atoms with Crippen LogP contribution in [0.2, 0.25) is 0 Å². The molecule has 4 rings (SSSR count). The topological polar surface area (TPSA) is 46.5 Å². The third-order valence-corrected chi connectivity index (χ3v) is 6.91. The van der Waals surface area contributed by atoms with Crippen LogP contribution in [0.25, 0.3) is 0 Å². The minimum absolute atomic E-state index is 0.146. The largest absolute Gasteiger partial charge is 0.508 e. The van der Waals surface area contributed by atoms with E-state index in [4.69, 9.17) is 4.74 Å². The maximum absolute atomic E-state index is 14.7. The van der Waals surface area contributed by atoms with Crippen LogP contribution >= 0.6 is 0 Å². The molecule has 2 fully saturated rings. The fourth-order valence-corrected chi connectivity index (χ4v) is 5.90. The van der Waals surface area contributed by atoms with E-state index in [2.05, 4.69) is 0 Å². The van der Waals surface area contributed by atoms with E-state index >= 15 is 0 Å². The van der Waals surface area contributed by atoms with Gasteiger partial charge in [-0.2, -0.15) is 0 Å². The minimum atomic E-state index is -2.96. The smallest absolute Gasteiger partial charge is 0.303 e. The lowest BCUT2D eigenvalue weighted by Gasteiger charge is -2.49. The molecular formula is C20H24F2O3. The zero-order chi connectivity index (χ0) is 18.0. The van der Waals surface area contributed by atoms with Gasteiger partial charge in [-0.25, -0.2) is 8.78 Å². The molecule has 5 atom stereocenters. The normalized spacial score (nSPS) is 38.4. The summed E-state index contributed by atoms with van der Waals surface area (Å²) in [5, 5.41) is 9.72. The molecule has 3 aliphatic rings. The predicted octanol–water partition coefficient (Wildman–Crippen LogP) is 4.43. The lowest BCUT2D eigenvalue weighted by molar-refractivity contribution is -0.180. The molecule has 25 heavy (non-hydrogen) atoms. The van der Waals surface area contributed by atoms with E-state index in [1.54, 1.807) is 6.07 Å². The minimum Gasteiger partial charge on any atom is -0.508 e. The molecule has 0 aromatic heterocycles. The Morgan fingerprint density at radius 3 is 2.80 bits per heavy atom. The number of phenols is 1. The number of hydrogen-bond acceptors (Lipinski definition) is 3. The maximum Gasteiger partial charge on any atom is 0.303 e. The van der Waals surface area contributed by atoms with E-state index in [1.807, 2.05) is 19.1 Å². The Labute approximate surface area is 146 Å². The molecule has 1 aromatic rings. The summed E-state index contributed by atoms with van der Waals surface area (Å²) in [7, 11) is 0. The zero-order valence-electron chi connectivity index (χ0n) is 14.6. The number of rotatable bonds is 1. The molecule has 2 saturated carbocycles. The molecule has 3 nitrogen and oxygen atoms in total. The van der Waals surface area contributed by atoms with Crippen LogP contribution in [0.1, 0.15) is 56.6 Å². The van der Waals surface area contributed by atoms with Crippen molar-refractivity contribution in [2.45, 2.75) is 63.9 Å². The van der Waals surface area contributed by atoms with Crippen LogP contribution in [0.3, 0.4) is 0 Å². The highest BCUT2D eigenvalue weighted by Gasteiger charge is 2.67. The summed E-state index contributed by atoms with van der Waals surface area (Å²) >= 11 is 0. The average molecular weight is 350 g/mol. The SMILES string of the molecule is CC(=O)OC1C(F)(F)C[C@H]2[C@@H]3CCc4cc(O)ccc4[C@H]3CC[C@]12C. The Morgan fingerprint density at radius 2 is 2.08 bits per heavy atom. The van der Waals surface area contributed by atoms with E-state index in [0.717, 1.165) is 24.8 Å². The van der Waals surface area contributed by atoms with Crippen molar-refractivity contribution in [1.29, 1.82) is 0 Å². The van der Waals surface area contributed by atoms with Crippen LogP contribution < -0.4 is 0 Å². The summed E-state index contributed by atoms with van der Waals surface area (Å²) < 4.78 is 34.6. The van der Waals surface area contributed by atoms with Crippen LogP contribution in [-0.2, 0) is 16.0 Å². The second-order valence-electron chi connectivity index (χ2n) is 8.30. The van der Waals surface area contributed by atoms with Gasteiger partial charge in [-0.15, -0.1) is 0 Å². The standard InChI is InChI=1S/C20H24F2O3/c1-11(23)25-18-19(2)8-7-15-14-6-4-13(24)9-12(14)3-5-16(15)17(19)10-20(18,21)22/h4,6,9,15-18,24H,3,5,7-8,10H2,1-2H3/t15-,16-,17+,18?,19+/m1/s1. The Morgan fingerprint density at radius 1 is 1.32 bits per heavy atom. The molecule has 5 heteroatoms. The fraction of sp³-hybridized carbons (Fsp3) is 0.650. The number of aromatic hydroxyl groups is 1. The maximum atomic E-state index is 14.7. The molecule has 1 N–H and O–H groups in total. The zero-order valence-corrected chi connectivity index (χ0v) is 14.6. The van der Waals surface area contributed by atoms with E-state index in [0.29, 0.717) is 6.42 Å². The van der Waals surface area contributed by atoms with Gasteiger partial charge >= 0.3 is 5.97 Å². The van der Waals surface area contributed by atoms with Gasteiger partial charge in [-0.05, 0) is 66.7 Å². The van der Waals surface area contributed by atoms with E-state index in [1.165, 1.54) is 12.5 Å². The Bertz CT molecular complexity index is 717. The average Bonchev–Trinajstić information content (AvgIpc) is 2.74. The van der Waals surface area contributed by atoms with Crippen LogP contribution in [0, 0.1) is 17.3 Å². The van der Waals surface area contributed by atoms with Gasteiger partial charge in [0.1, 0.15) is 5.75 Å². The first-order chi connectivity index (χ1) is 11.7. The summed E-state index contributed by atoms with van der Waals surface area (Å²) in [6, 6.07) is 5.46. The van der Waals surface area contributed by atoms with Gasteiger partial charge in [0.2, 0.25) is 0 Å². The molecule has 0 radical (unpaired) electrons. The summed E-state index contributed by atoms with van der Waals surface area (Å²) in [5.41, 5.74) is 1.69. The van der Waals surface area contributed by atoms with Crippen LogP contribution in [-0.4, -0.2) is 23.1 Å². The van der Waals surface area contributed by atoms with Crippen molar-refractivity contribution in [3.8, 4) is 5.75 Å². The van der Waals surface area contributed by atoms with Crippen molar-refractivity contribution < 1.29 is 23.4 Å². The highest BCUT2D eigenvalue weighted by molar-refractivity contribution is 5.66. The number of alkyl halides is 2. The molecule has 0 amide bonds. The molecule has 0 saturated heterocycles. The number of benzene rings is 1. The first-order valence-electron chi connectivity index (χ1n) is 9.09. The second-order valence-corrected chi connectivity index (χ2v) is 8.30. The second kappa shape index (κ2) is 5.42.